The molecule has 3 atom stereocenters. The molecular formula is C27H50O11. The maximum Gasteiger partial charge on any atom is 0.508 e. The van der Waals surface area contributed by atoms with Gasteiger partial charge in [-0.3, -0.25) is 0 Å². The number of rotatable bonds is 23. The molecule has 0 aromatic rings. The lowest BCUT2D eigenvalue weighted by molar-refractivity contribution is 0.0420. The molecule has 224 valence electrons. The number of ether oxygens (including phenoxy) is 6. The van der Waals surface area contributed by atoms with E-state index in [9.17, 15) is 14.4 Å². The van der Waals surface area contributed by atoms with Crippen LogP contribution < -0.4 is 0 Å². The smallest absolute Gasteiger partial charge is 0.434 e. The van der Waals surface area contributed by atoms with Crippen LogP contribution in [0.4, 0.5) is 14.4 Å². The lowest BCUT2D eigenvalue weighted by Crippen LogP contribution is -2.14. The molecule has 0 amide bonds. The molecule has 0 spiro atoms. The first kappa shape index (κ1) is 35.7. The van der Waals surface area contributed by atoms with Gasteiger partial charge in [0.15, 0.2) is 0 Å². The van der Waals surface area contributed by atoms with Crippen LogP contribution in [0.15, 0.2) is 0 Å². The summed E-state index contributed by atoms with van der Waals surface area (Å²) in [5.41, 5.74) is 0. The van der Waals surface area contributed by atoms with Crippen LogP contribution >= 0.6 is 0 Å². The molecule has 0 bridgehead atoms. The van der Waals surface area contributed by atoms with Gasteiger partial charge in [-0.25, -0.2) is 14.4 Å². The summed E-state index contributed by atoms with van der Waals surface area (Å²) in [4.78, 5) is 34.7. The average molecular weight is 551 g/mol. The fraction of sp³-hybridized carbons (Fsp3) is 0.889. The molecule has 0 aliphatic rings. The number of hydrogen-bond donors (Lipinski definition) is 2. The highest BCUT2D eigenvalue weighted by Gasteiger charge is 2.11. The number of aliphatic hydroxyl groups excluding tert-OH is 2. The molecule has 0 aliphatic heterocycles. The van der Waals surface area contributed by atoms with Crippen LogP contribution in [-0.4, -0.2) is 81.5 Å². The SMILES string of the molecule is CC(CCO)CCOC(=O)OCCCCCCOC(=O)OCCC(C)CCOC(=O)OCCC(C)CCO. The Morgan fingerprint density at radius 3 is 1.00 bits per heavy atom. The normalized spacial score (nSPS) is 13.2. The number of carbonyl (C=O) groups excluding carboxylic acids is 3. The van der Waals surface area contributed by atoms with Gasteiger partial charge >= 0.3 is 18.5 Å². The molecule has 0 radical (unpaired) electrons. The monoisotopic (exact) mass is 550 g/mol. The summed E-state index contributed by atoms with van der Waals surface area (Å²) < 4.78 is 30.2. The van der Waals surface area contributed by atoms with Crippen molar-refractivity contribution in [3.63, 3.8) is 0 Å². The molecular weight excluding hydrogens is 500 g/mol. The third kappa shape index (κ3) is 24.1. The summed E-state index contributed by atoms with van der Waals surface area (Å²) in [6.45, 7) is 7.74. The predicted molar refractivity (Wildman–Crippen MR) is 140 cm³/mol. The van der Waals surface area contributed by atoms with Crippen LogP contribution in [0.2, 0.25) is 0 Å². The van der Waals surface area contributed by atoms with Crippen molar-refractivity contribution in [2.45, 2.75) is 85.0 Å². The van der Waals surface area contributed by atoms with E-state index in [1.807, 2.05) is 20.8 Å². The van der Waals surface area contributed by atoms with Gasteiger partial charge in [-0.15, -0.1) is 0 Å². The summed E-state index contributed by atoms with van der Waals surface area (Å²) in [7, 11) is 0. The minimum Gasteiger partial charge on any atom is -0.434 e. The molecule has 0 aliphatic carbocycles. The highest BCUT2D eigenvalue weighted by atomic mass is 16.7. The van der Waals surface area contributed by atoms with Gasteiger partial charge in [-0.05, 0) is 82.0 Å². The van der Waals surface area contributed by atoms with E-state index in [0.717, 1.165) is 12.8 Å². The van der Waals surface area contributed by atoms with Gasteiger partial charge in [0, 0.05) is 13.2 Å². The molecule has 0 saturated heterocycles. The standard InChI is InChI=1S/C27H50O11/c1-22(8-14-28)10-18-35-25(30)33-16-6-4-5-7-17-34-26(31)36-20-12-24(3)13-21-38-27(32)37-19-11-23(2)9-15-29/h22-24,28-29H,4-21H2,1-3H3. The van der Waals surface area contributed by atoms with Crippen LogP contribution in [0, 0.1) is 17.8 Å². The second-order valence-corrected chi connectivity index (χ2v) is 9.75. The van der Waals surface area contributed by atoms with Gasteiger partial charge in [0.25, 0.3) is 0 Å². The zero-order chi connectivity index (χ0) is 28.4. The van der Waals surface area contributed by atoms with Gasteiger partial charge in [0.1, 0.15) is 0 Å². The number of carbonyl (C=O) groups is 3. The van der Waals surface area contributed by atoms with Crippen molar-refractivity contribution in [2.24, 2.45) is 17.8 Å². The molecule has 0 fully saturated rings. The van der Waals surface area contributed by atoms with Crippen molar-refractivity contribution in [1.29, 1.82) is 0 Å². The van der Waals surface area contributed by atoms with E-state index in [0.29, 0.717) is 57.3 Å². The van der Waals surface area contributed by atoms with E-state index in [-0.39, 0.29) is 64.7 Å². The van der Waals surface area contributed by atoms with Crippen LogP contribution in [0.3, 0.4) is 0 Å². The van der Waals surface area contributed by atoms with Gasteiger partial charge < -0.3 is 38.6 Å². The topological polar surface area (TPSA) is 147 Å². The molecule has 3 unspecified atom stereocenters. The van der Waals surface area contributed by atoms with Crippen LogP contribution in [0.25, 0.3) is 0 Å². The summed E-state index contributed by atoms with van der Waals surface area (Å²) in [5, 5.41) is 17.7. The largest absolute Gasteiger partial charge is 0.508 e. The minimum atomic E-state index is -0.702. The second-order valence-electron chi connectivity index (χ2n) is 9.75. The first-order valence-corrected chi connectivity index (χ1v) is 13.9. The molecule has 0 rings (SSSR count). The predicted octanol–water partition coefficient (Wildman–Crippen LogP) is 5.24. The van der Waals surface area contributed by atoms with Gasteiger partial charge in [-0.2, -0.15) is 0 Å². The summed E-state index contributed by atoms with van der Waals surface area (Å²) >= 11 is 0. The van der Waals surface area contributed by atoms with E-state index in [1.54, 1.807) is 0 Å². The van der Waals surface area contributed by atoms with E-state index in [1.165, 1.54) is 0 Å². The number of hydrogen-bond acceptors (Lipinski definition) is 11. The Hall–Kier alpha value is -2.27. The molecule has 0 aromatic carbocycles. The number of unbranched alkanes of at least 4 members (excludes halogenated alkanes) is 3. The van der Waals surface area contributed by atoms with E-state index in [2.05, 4.69) is 0 Å². The highest BCUT2D eigenvalue weighted by molar-refractivity contribution is 5.60. The Labute approximate surface area is 227 Å². The highest BCUT2D eigenvalue weighted by Crippen LogP contribution is 2.10. The van der Waals surface area contributed by atoms with Crippen molar-refractivity contribution < 1.29 is 53.0 Å². The average Bonchev–Trinajstić information content (AvgIpc) is 2.86. The van der Waals surface area contributed by atoms with Crippen molar-refractivity contribution in [3.8, 4) is 0 Å². The molecule has 2 N–H and O–H groups in total. The first-order valence-electron chi connectivity index (χ1n) is 13.9. The van der Waals surface area contributed by atoms with Crippen LogP contribution in [0.5, 0.6) is 0 Å². The molecule has 0 aromatic heterocycles. The van der Waals surface area contributed by atoms with Crippen molar-refractivity contribution >= 4 is 18.5 Å². The summed E-state index contributed by atoms with van der Waals surface area (Å²) in [6.07, 6.45) is 4.95. The van der Waals surface area contributed by atoms with Gasteiger partial charge in [-0.1, -0.05) is 20.8 Å². The van der Waals surface area contributed by atoms with Gasteiger partial charge in [0.05, 0.1) is 39.6 Å². The summed E-state index contributed by atoms with van der Waals surface area (Å²) in [6, 6.07) is 0. The maximum absolute atomic E-state index is 11.7. The van der Waals surface area contributed by atoms with Crippen LogP contribution in [0.1, 0.15) is 85.0 Å². The third-order valence-corrected chi connectivity index (χ3v) is 6.04. The molecule has 38 heavy (non-hydrogen) atoms. The Kier molecular flexibility index (Phi) is 23.5. The maximum atomic E-state index is 11.7. The Bertz CT molecular complexity index is 600. The van der Waals surface area contributed by atoms with Crippen LogP contribution in [-0.2, 0) is 28.4 Å². The van der Waals surface area contributed by atoms with Crippen molar-refractivity contribution in [1.82, 2.24) is 0 Å². The van der Waals surface area contributed by atoms with E-state index in [4.69, 9.17) is 38.6 Å². The Morgan fingerprint density at radius 1 is 0.447 bits per heavy atom. The Balaban J connectivity index is 3.53. The molecule has 0 heterocycles. The molecule has 11 heteroatoms. The van der Waals surface area contributed by atoms with Gasteiger partial charge in [0.2, 0.25) is 0 Å². The Morgan fingerprint density at radius 2 is 0.711 bits per heavy atom. The molecule has 11 nitrogen and oxygen atoms in total. The fourth-order valence-corrected chi connectivity index (χ4v) is 3.24. The number of aliphatic hydroxyl groups is 2. The zero-order valence-electron chi connectivity index (χ0n) is 23.5. The third-order valence-electron chi connectivity index (χ3n) is 6.04. The second kappa shape index (κ2) is 25.0. The van der Waals surface area contributed by atoms with E-state index >= 15 is 0 Å². The fourth-order valence-electron chi connectivity index (χ4n) is 3.24. The first-order chi connectivity index (χ1) is 18.3. The summed E-state index contributed by atoms with van der Waals surface area (Å²) in [5.74, 6) is 0.769. The minimum absolute atomic E-state index is 0.123. The zero-order valence-corrected chi connectivity index (χ0v) is 23.5. The molecule has 0 saturated carbocycles. The van der Waals surface area contributed by atoms with Crippen molar-refractivity contribution in [2.75, 3.05) is 52.9 Å². The lowest BCUT2D eigenvalue weighted by Gasteiger charge is -2.13. The quantitative estimate of drug-likeness (QED) is 0.0977. The van der Waals surface area contributed by atoms with E-state index < -0.39 is 18.5 Å². The van der Waals surface area contributed by atoms with Crippen molar-refractivity contribution in [3.05, 3.63) is 0 Å². The lowest BCUT2D eigenvalue weighted by atomic mass is 10.1.